The van der Waals surface area contributed by atoms with Crippen molar-refractivity contribution < 1.29 is 23.9 Å². The molecule has 1 heterocycles. The Labute approximate surface area is 195 Å². The number of fused-ring (bicyclic) bond motifs is 1. The first-order valence-electron chi connectivity index (χ1n) is 10.1. The maximum atomic E-state index is 13.2. The summed E-state index contributed by atoms with van der Waals surface area (Å²) < 4.78 is 10.8. The molecule has 1 N–H and O–H groups in total. The average molecular weight is 501 g/mol. The van der Waals surface area contributed by atoms with E-state index in [1.54, 1.807) is 0 Å². The molecular weight excluding hydrogens is 476 g/mol. The van der Waals surface area contributed by atoms with Crippen molar-refractivity contribution in [3.8, 4) is 0 Å². The van der Waals surface area contributed by atoms with E-state index in [1.165, 1.54) is 12.0 Å². The van der Waals surface area contributed by atoms with Gasteiger partial charge < -0.3 is 14.8 Å². The summed E-state index contributed by atoms with van der Waals surface area (Å²) in [7, 11) is 1.25. The van der Waals surface area contributed by atoms with E-state index in [0.29, 0.717) is 10.9 Å². The number of benzene rings is 2. The van der Waals surface area contributed by atoms with Gasteiger partial charge in [-0.2, -0.15) is 0 Å². The molecule has 0 spiro atoms. The van der Waals surface area contributed by atoms with Gasteiger partial charge in [-0.15, -0.1) is 0 Å². The van der Waals surface area contributed by atoms with Crippen molar-refractivity contribution in [1.82, 2.24) is 10.2 Å². The highest BCUT2D eigenvalue weighted by atomic mass is 79.9. The van der Waals surface area contributed by atoms with Crippen LogP contribution in [0, 0.1) is 0 Å². The second-order valence-electron chi connectivity index (χ2n) is 7.46. The minimum absolute atomic E-state index is 0.0976. The lowest BCUT2D eigenvalue weighted by molar-refractivity contribution is -0.145. The molecule has 2 amide bonds. The average Bonchev–Trinajstić information content (AvgIpc) is 2.81. The van der Waals surface area contributed by atoms with Gasteiger partial charge >= 0.3 is 12.1 Å². The summed E-state index contributed by atoms with van der Waals surface area (Å²) in [5, 5.41) is 2.70. The van der Waals surface area contributed by atoms with Crippen molar-refractivity contribution >= 4 is 33.9 Å². The lowest BCUT2D eigenvalue weighted by Gasteiger charge is -2.35. The van der Waals surface area contributed by atoms with E-state index in [0.717, 1.165) is 16.7 Å². The van der Waals surface area contributed by atoms with Gasteiger partial charge in [0.05, 0.1) is 13.7 Å². The Hall–Kier alpha value is -3.13. The summed E-state index contributed by atoms with van der Waals surface area (Å²) in [6.07, 6.45) is -0.116. The standard InChI is InChI=1S/C24H25BrN2O5/c1-16(25)12-20(23(29)31-2)26-22(28)21-13-18-10-6-7-11-19(18)14-27(21)24(30)32-15-17-8-4-3-5-9-17/h3-11,20-21H,1,12-15H2,2H3,(H,26,28)/t20-,21-/m0/s1. The molecule has 0 saturated heterocycles. The Morgan fingerprint density at radius 3 is 2.44 bits per heavy atom. The first-order valence-corrected chi connectivity index (χ1v) is 10.9. The van der Waals surface area contributed by atoms with Gasteiger partial charge in [0.2, 0.25) is 5.91 Å². The molecule has 2 atom stereocenters. The van der Waals surface area contributed by atoms with Crippen LogP contribution in [0.2, 0.25) is 0 Å². The molecule has 0 saturated carbocycles. The molecule has 0 aromatic heterocycles. The molecule has 2 aromatic rings. The molecule has 32 heavy (non-hydrogen) atoms. The number of nitrogens with zero attached hydrogens (tertiary/aromatic N) is 1. The maximum absolute atomic E-state index is 13.2. The summed E-state index contributed by atoms with van der Waals surface area (Å²) in [5.74, 6) is -1.05. The fraction of sp³-hybridized carbons (Fsp3) is 0.292. The number of halogens is 1. The largest absolute Gasteiger partial charge is 0.467 e. The van der Waals surface area contributed by atoms with Gasteiger partial charge in [0.1, 0.15) is 18.7 Å². The normalized spacial score (nSPS) is 15.8. The van der Waals surface area contributed by atoms with Crippen molar-refractivity contribution in [2.45, 2.75) is 38.1 Å². The van der Waals surface area contributed by atoms with Gasteiger partial charge in [-0.25, -0.2) is 9.59 Å². The quantitative estimate of drug-likeness (QED) is 0.585. The molecule has 0 aliphatic carbocycles. The van der Waals surface area contributed by atoms with Crippen LogP contribution in [0.15, 0.2) is 65.7 Å². The fourth-order valence-electron chi connectivity index (χ4n) is 3.58. The molecule has 0 bridgehead atoms. The highest BCUT2D eigenvalue weighted by Crippen LogP contribution is 2.25. The second kappa shape index (κ2) is 10.9. The fourth-order valence-corrected chi connectivity index (χ4v) is 3.90. The van der Waals surface area contributed by atoms with Gasteiger partial charge in [-0.1, -0.05) is 77.1 Å². The molecular formula is C24H25BrN2O5. The van der Waals surface area contributed by atoms with Crippen LogP contribution in [0.25, 0.3) is 0 Å². The topological polar surface area (TPSA) is 84.9 Å². The van der Waals surface area contributed by atoms with Crippen LogP contribution in [-0.2, 0) is 38.6 Å². The summed E-state index contributed by atoms with van der Waals surface area (Å²) in [6.45, 7) is 4.06. The zero-order valence-electron chi connectivity index (χ0n) is 17.8. The third-order valence-electron chi connectivity index (χ3n) is 5.22. The smallest absolute Gasteiger partial charge is 0.411 e. The molecule has 0 radical (unpaired) electrons. The van der Waals surface area contributed by atoms with Crippen LogP contribution in [0.1, 0.15) is 23.1 Å². The second-order valence-corrected chi connectivity index (χ2v) is 8.58. The van der Waals surface area contributed by atoms with E-state index in [-0.39, 0.29) is 19.6 Å². The number of hydrogen-bond acceptors (Lipinski definition) is 5. The Kier molecular flexibility index (Phi) is 8.05. The summed E-state index contributed by atoms with van der Waals surface area (Å²) >= 11 is 3.22. The summed E-state index contributed by atoms with van der Waals surface area (Å²) in [6, 6.07) is 15.2. The van der Waals surface area contributed by atoms with Gasteiger partial charge in [0.25, 0.3) is 0 Å². The number of esters is 1. The maximum Gasteiger partial charge on any atom is 0.411 e. The van der Waals surface area contributed by atoms with E-state index in [9.17, 15) is 14.4 Å². The van der Waals surface area contributed by atoms with Crippen LogP contribution in [0.5, 0.6) is 0 Å². The Bertz CT molecular complexity index is 995. The SMILES string of the molecule is C=C(Br)C[C@H](NC(=O)[C@@H]1Cc2ccccc2CN1C(=O)OCc1ccccc1)C(=O)OC. The number of carbonyl (C=O) groups excluding carboxylic acids is 3. The number of hydrogen-bond donors (Lipinski definition) is 1. The van der Waals surface area contributed by atoms with Crippen LogP contribution < -0.4 is 5.32 Å². The van der Waals surface area contributed by atoms with E-state index in [2.05, 4.69) is 27.8 Å². The zero-order valence-corrected chi connectivity index (χ0v) is 19.3. The highest BCUT2D eigenvalue weighted by molar-refractivity contribution is 9.11. The molecule has 3 rings (SSSR count). The zero-order chi connectivity index (χ0) is 23.1. The molecule has 7 nitrogen and oxygen atoms in total. The lowest BCUT2D eigenvalue weighted by Crippen LogP contribution is -2.55. The third kappa shape index (κ3) is 5.97. The first kappa shape index (κ1) is 23.5. The molecule has 1 aliphatic rings. The lowest BCUT2D eigenvalue weighted by atomic mass is 9.93. The van der Waals surface area contributed by atoms with E-state index < -0.39 is 30.1 Å². The Morgan fingerprint density at radius 1 is 1.12 bits per heavy atom. The van der Waals surface area contributed by atoms with Crippen LogP contribution >= 0.6 is 15.9 Å². The molecule has 0 fully saturated rings. The Morgan fingerprint density at radius 2 is 1.78 bits per heavy atom. The number of nitrogens with one attached hydrogen (secondary N) is 1. The number of ether oxygens (including phenoxy) is 2. The van der Waals surface area contributed by atoms with Crippen LogP contribution in [0.3, 0.4) is 0 Å². The molecule has 168 valence electrons. The van der Waals surface area contributed by atoms with Crippen LogP contribution in [0.4, 0.5) is 4.79 Å². The van der Waals surface area contributed by atoms with Gasteiger partial charge in [-0.05, 0) is 21.2 Å². The van der Waals surface area contributed by atoms with Gasteiger partial charge in [0.15, 0.2) is 0 Å². The molecule has 1 aliphatic heterocycles. The predicted molar refractivity (Wildman–Crippen MR) is 123 cm³/mol. The van der Waals surface area contributed by atoms with Crippen molar-refractivity contribution in [1.29, 1.82) is 0 Å². The summed E-state index contributed by atoms with van der Waals surface area (Å²) in [5.41, 5.74) is 2.77. The summed E-state index contributed by atoms with van der Waals surface area (Å²) in [4.78, 5) is 39.7. The molecule has 8 heteroatoms. The van der Waals surface area contributed by atoms with Crippen molar-refractivity contribution in [2.24, 2.45) is 0 Å². The Balaban J connectivity index is 1.79. The van der Waals surface area contributed by atoms with Crippen molar-refractivity contribution in [3.05, 3.63) is 82.3 Å². The third-order valence-corrected chi connectivity index (χ3v) is 5.54. The van der Waals surface area contributed by atoms with Gasteiger partial charge in [-0.3, -0.25) is 9.69 Å². The number of methoxy groups -OCH3 is 1. The van der Waals surface area contributed by atoms with E-state index in [1.807, 2.05) is 54.6 Å². The number of carbonyl (C=O) groups is 3. The molecule has 0 unspecified atom stereocenters. The van der Waals surface area contributed by atoms with Crippen molar-refractivity contribution in [2.75, 3.05) is 7.11 Å². The number of rotatable bonds is 7. The minimum Gasteiger partial charge on any atom is -0.467 e. The first-order chi connectivity index (χ1) is 15.4. The highest BCUT2D eigenvalue weighted by Gasteiger charge is 2.37. The van der Waals surface area contributed by atoms with E-state index >= 15 is 0 Å². The van der Waals surface area contributed by atoms with E-state index in [4.69, 9.17) is 9.47 Å². The monoisotopic (exact) mass is 500 g/mol. The predicted octanol–water partition coefficient (Wildman–Crippen LogP) is 3.71. The van der Waals surface area contributed by atoms with Crippen molar-refractivity contribution in [3.63, 3.8) is 0 Å². The molecule has 2 aromatic carbocycles. The van der Waals surface area contributed by atoms with Gasteiger partial charge in [0, 0.05) is 12.8 Å². The van der Waals surface area contributed by atoms with Crippen LogP contribution in [-0.4, -0.2) is 42.1 Å². The number of amides is 2. The minimum atomic E-state index is -0.918.